The number of hydrogen-bond donors (Lipinski definition) is 0. The molecule has 0 saturated heterocycles. The van der Waals surface area contributed by atoms with Crippen LogP contribution in [0.1, 0.15) is 20.8 Å². The topological polar surface area (TPSA) is 31.2 Å². The van der Waals surface area contributed by atoms with Crippen LogP contribution in [-0.4, -0.2) is 16.3 Å². The van der Waals surface area contributed by atoms with Crippen molar-refractivity contribution >= 4 is 39.5 Å². The fraction of sp³-hybridized carbons (Fsp3) is 0.235. The smallest absolute Gasteiger partial charge is 0.419 e. The van der Waals surface area contributed by atoms with Crippen LogP contribution >= 0.6 is 11.6 Å². The fourth-order valence-electron chi connectivity index (χ4n) is 2.45. The van der Waals surface area contributed by atoms with Crippen molar-refractivity contribution < 1.29 is 9.53 Å². The highest BCUT2D eigenvalue weighted by Gasteiger charge is 2.22. The van der Waals surface area contributed by atoms with Gasteiger partial charge in [-0.2, -0.15) is 0 Å². The van der Waals surface area contributed by atoms with Crippen LogP contribution in [0.25, 0.3) is 21.8 Å². The third-order valence-electron chi connectivity index (χ3n) is 3.21. The second-order valence-electron chi connectivity index (χ2n) is 5.99. The summed E-state index contributed by atoms with van der Waals surface area (Å²) in [5, 5.41) is 2.58. The number of carbonyl (C=O) groups excluding carboxylic acids is 1. The SMILES string of the molecule is CC(C)(C)OC(=O)n1c2ccccc2c2cc(Cl)ccc21. The van der Waals surface area contributed by atoms with E-state index in [9.17, 15) is 4.79 Å². The average molecular weight is 302 g/mol. The molecule has 108 valence electrons. The van der Waals surface area contributed by atoms with Crippen molar-refractivity contribution in [2.75, 3.05) is 0 Å². The summed E-state index contributed by atoms with van der Waals surface area (Å²) in [7, 11) is 0. The van der Waals surface area contributed by atoms with Crippen LogP contribution in [0.3, 0.4) is 0 Å². The molecule has 4 heteroatoms. The van der Waals surface area contributed by atoms with Gasteiger partial charge in [0.1, 0.15) is 5.60 Å². The minimum atomic E-state index is -0.540. The van der Waals surface area contributed by atoms with E-state index in [1.165, 1.54) is 0 Å². The lowest BCUT2D eigenvalue weighted by atomic mass is 10.2. The Morgan fingerprint density at radius 3 is 2.43 bits per heavy atom. The van der Waals surface area contributed by atoms with Gasteiger partial charge in [-0.1, -0.05) is 29.8 Å². The predicted molar refractivity (Wildman–Crippen MR) is 86.1 cm³/mol. The number of rotatable bonds is 0. The Labute approximate surface area is 128 Å². The molecule has 0 saturated carbocycles. The van der Waals surface area contributed by atoms with Gasteiger partial charge in [-0.05, 0) is 45.0 Å². The molecule has 3 aromatic rings. The molecule has 0 aliphatic heterocycles. The zero-order valence-electron chi connectivity index (χ0n) is 12.2. The molecule has 1 heterocycles. The van der Waals surface area contributed by atoms with Crippen LogP contribution in [0.4, 0.5) is 4.79 Å². The summed E-state index contributed by atoms with van der Waals surface area (Å²) >= 11 is 6.09. The molecule has 0 atom stereocenters. The molecule has 3 nitrogen and oxygen atoms in total. The maximum atomic E-state index is 12.5. The number of aromatic nitrogens is 1. The van der Waals surface area contributed by atoms with E-state index in [-0.39, 0.29) is 6.09 Å². The lowest BCUT2D eigenvalue weighted by Crippen LogP contribution is -2.27. The first kappa shape index (κ1) is 14.0. The molecule has 0 aliphatic rings. The van der Waals surface area contributed by atoms with Gasteiger partial charge in [0.05, 0.1) is 11.0 Å². The lowest BCUT2D eigenvalue weighted by molar-refractivity contribution is 0.0551. The van der Waals surface area contributed by atoms with Crippen LogP contribution in [0.2, 0.25) is 5.02 Å². The van der Waals surface area contributed by atoms with E-state index in [1.54, 1.807) is 10.6 Å². The van der Waals surface area contributed by atoms with Crippen molar-refractivity contribution in [1.29, 1.82) is 0 Å². The van der Waals surface area contributed by atoms with Crippen LogP contribution < -0.4 is 0 Å². The van der Waals surface area contributed by atoms with Crippen molar-refractivity contribution in [2.45, 2.75) is 26.4 Å². The summed E-state index contributed by atoms with van der Waals surface area (Å²) in [6.07, 6.45) is -0.379. The standard InChI is InChI=1S/C17H16ClNO2/c1-17(2,3)21-16(20)19-14-7-5-4-6-12(14)13-10-11(18)8-9-15(13)19/h4-10H,1-3H3. The summed E-state index contributed by atoms with van der Waals surface area (Å²) in [6, 6.07) is 13.2. The van der Waals surface area contributed by atoms with E-state index in [2.05, 4.69) is 0 Å². The van der Waals surface area contributed by atoms with E-state index < -0.39 is 5.60 Å². The normalized spacial score (nSPS) is 12.0. The molecule has 21 heavy (non-hydrogen) atoms. The number of hydrogen-bond acceptors (Lipinski definition) is 2. The highest BCUT2D eigenvalue weighted by molar-refractivity contribution is 6.32. The molecule has 0 unspecified atom stereocenters. The Hall–Kier alpha value is -2.00. The fourth-order valence-corrected chi connectivity index (χ4v) is 2.62. The molecule has 0 N–H and O–H groups in total. The summed E-state index contributed by atoms with van der Waals surface area (Å²) in [5.74, 6) is 0. The van der Waals surface area contributed by atoms with Gasteiger partial charge >= 0.3 is 6.09 Å². The van der Waals surface area contributed by atoms with Gasteiger partial charge in [-0.15, -0.1) is 0 Å². The van der Waals surface area contributed by atoms with Gasteiger partial charge in [0.2, 0.25) is 0 Å². The first-order chi connectivity index (χ1) is 9.87. The molecular weight excluding hydrogens is 286 g/mol. The van der Waals surface area contributed by atoms with Gasteiger partial charge in [0, 0.05) is 15.8 Å². The zero-order chi connectivity index (χ0) is 15.2. The van der Waals surface area contributed by atoms with E-state index >= 15 is 0 Å². The molecule has 0 spiro atoms. The molecule has 0 radical (unpaired) electrons. The molecule has 3 rings (SSSR count). The van der Waals surface area contributed by atoms with Crippen LogP contribution in [0, 0.1) is 0 Å². The summed E-state index contributed by atoms with van der Waals surface area (Å²) < 4.78 is 7.12. The average Bonchev–Trinajstić information content (AvgIpc) is 2.71. The van der Waals surface area contributed by atoms with Gasteiger partial charge in [-0.3, -0.25) is 0 Å². The number of nitrogens with zero attached hydrogens (tertiary/aromatic N) is 1. The predicted octanol–water partition coefficient (Wildman–Crippen LogP) is 5.23. The van der Waals surface area contributed by atoms with E-state index in [4.69, 9.17) is 16.3 Å². The number of para-hydroxylation sites is 1. The minimum Gasteiger partial charge on any atom is -0.443 e. The first-order valence-corrected chi connectivity index (χ1v) is 7.17. The lowest BCUT2D eigenvalue weighted by Gasteiger charge is -2.20. The molecule has 0 bridgehead atoms. The maximum Gasteiger partial charge on any atom is 0.419 e. The van der Waals surface area contributed by atoms with E-state index in [1.807, 2.05) is 57.2 Å². The summed E-state index contributed by atoms with van der Waals surface area (Å²) in [4.78, 5) is 12.5. The van der Waals surface area contributed by atoms with Crippen molar-refractivity contribution in [2.24, 2.45) is 0 Å². The molecule has 0 amide bonds. The largest absolute Gasteiger partial charge is 0.443 e. The number of benzene rings is 2. The molecule has 0 aliphatic carbocycles. The Morgan fingerprint density at radius 1 is 1.05 bits per heavy atom. The van der Waals surface area contributed by atoms with Gasteiger partial charge < -0.3 is 4.74 Å². The van der Waals surface area contributed by atoms with Crippen LogP contribution in [-0.2, 0) is 4.74 Å². The highest BCUT2D eigenvalue weighted by Crippen LogP contribution is 2.31. The first-order valence-electron chi connectivity index (χ1n) is 6.79. The van der Waals surface area contributed by atoms with E-state index in [0.29, 0.717) is 5.02 Å². The molecule has 2 aromatic carbocycles. The van der Waals surface area contributed by atoms with Crippen molar-refractivity contribution in [3.63, 3.8) is 0 Å². The minimum absolute atomic E-state index is 0.379. The van der Waals surface area contributed by atoms with Gasteiger partial charge in [0.25, 0.3) is 0 Å². The Balaban J connectivity index is 2.31. The second-order valence-corrected chi connectivity index (χ2v) is 6.43. The number of halogens is 1. The number of carbonyl (C=O) groups is 1. The Bertz CT molecular complexity index is 843. The second kappa shape index (κ2) is 4.78. The van der Waals surface area contributed by atoms with Gasteiger partial charge in [0.15, 0.2) is 0 Å². The molecule has 1 aromatic heterocycles. The molecule has 0 fully saturated rings. The number of ether oxygens (including phenoxy) is 1. The zero-order valence-corrected chi connectivity index (χ0v) is 12.9. The van der Waals surface area contributed by atoms with E-state index in [0.717, 1.165) is 21.8 Å². The van der Waals surface area contributed by atoms with Crippen LogP contribution in [0.5, 0.6) is 0 Å². The Morgan fingerprint density at radius 2 is 1.71 bits per heavy atom. The third kappa shape index (κ3) is 2.49. The summed E-state index contributed by atoms with van der Waals surface area (Å²) in [5.41, 5.74) is 1.08. The monoisotopic (exact) mass is 301 g/mol. The van der Waals surface area contributed by atoms with Crippen molar-refractivity contribution in [3.8, 4) is 0 Å². The third-order valence-corrected chi connectivity index (χ3v) is 3.45. The Kier molecular flexibility index (Phi) is 3.18. The van der Waals surface area contributed by atoms with Crippen molar-refractivity contribution in [3.05, 3.63) is 47.5 Å². The van der Waals surface area contributed by atoms with Crippen LogP contribution in [0.15, 0.2) is 42.5 Å². The quantitative estimate of drug-likeness (QED) is 0.569. The van der Waals surface area contributed by atoms with Crippen molar-refractivity contribution in [1.82, 2.24) is 4.57 Å². The maximum absolute atomic E-state index is 12.5. The molecular formula is C17H16ClNO2. The number of fused-ring (bicyclic) bond motifs is 3. The summed E-state index contributed by atoms with van der Waals surface area (Å²) in [6.45, 7) is 5.57. The van der Waals surface area contributed by atoms with Gasteiger partial charge in [-0.25, -0.2) is 9.36 Å². The highest BCUT2D eigenvalue weighted by atomic mass is 35.5.